The molecular weight excluding hydrogens is 268 g/mol. The lowest BCUT2D eigenvalue weighted by molar-refractivity contribution is -0.130. The van der Waals surface area contributed by atoms with Crippen molar-refractivity contribution < 1.29 is 9.59 Å². The van der Waals surface area contributed by atoms with Crippen LogP contribution in [0.1, 0.15) is 12.8 Å². The first-order valence-electron chi connectivity index (χ1n) is 7.15. The number of likely N-dealkylation sites (tertiary alicyclic amines) is 1. The van der Waals surface area contributed by atoms with Gasteiger partial charge in [0.15, 0.2) is 0 Å². The summed E-state index contributed by atoms with van der Waals surface area (Å²) in [6.45, 7) is 1.14. The van der Waals surface area contributed by atoms with Crippen LogP contribution in [0.5, 0.6) is 0 Å². The van der Waals surface area contributed by atoms with Crippen molar-refractivity contribution in [3.63, 3.8) is 0 Å². The molecule has 0 saturated carbocycles. The Morgan fingerprint density at radius 1 is 1.24 bits per heavy atom. The molecule has 2 rings (SSSR count). The monoisotopic (exact) mass is 290 g/mol. The van der Waals surface area contributed by atoms with Gasteiger partial charge in [-0.2, -0.15) is 0 Å². The molecule has 6 nitrogen and oxygen atoms in total. The van der Waals surface area contributed by atoms with Gasteiger partial charge in [-0.1, -0.05) is 18.2 Å². The lowest BCUT2D eigenvalue weighted by Gasteiger charge is -2.32. The lowest BCUT2D eigenvalue weighted by atomic mass is 9.97. The van der Waals surface area contributed by atoms with Crippen molar-refractivity contribution in [3.05, 3.63) is 30.3 Å². The summed E-state index contributed by atoms with van der Waals surface area (Å²) in [4.78, 5) is 26.0. The van der Waals surface area contributed by atoms with Gasteiger partial charge in [-0.25, -0.2) is 9.80 Å². The summed E-state index contributed by atoms with van der Waals surface area (Å²) in [6, 6.07) is 9.19. The zero-order chi connectivity index (χ0) is 15.2. The van der Waals surface area contributed by atoms with E-state index in [4.69, 9.17) is 0 Å². The number of hydrogen-bond donors (Lipinski definition) is 2. The molecule has 1 atom stereocenters. The minimum Gasteiger partial charge on any atom is -0.324 e. The summed E-state index contributed by atoms with van der Waals surface area (Å²) < 4.78 is 0. The van der Waals surface area contributed by atoms with Crippen LogP contribution in [0.2, 0.25) is 0 Å². The second-order valence-electron chi connectivity index (χ2n) is 5.45. The Labute approximate surface area is 125 Å². The highest BCUT2D eigenvalue weighted by Crippen LogP contribution is 2.18. The van der Waals surface area contributed by atoms with Crippen molar-refractivity contribution in [2.24, 2.45) is 5.92 Å². The van der Waals surface area contributed by atoms with Gasteiger partial charge in [0, 0.05) is 32.9 Å². The molecule has 0 aliphatic carbocycles. The fourth-order valence-corrected chi connectivity index (χ4v) is 2.41. The molecule has 1 aliphatic rings. The molecule has 1 fully saturated rings. The number of nitrogens with zero attached hydrogens (tertiary/aromatic N) is 2. The number of rotatable bonds is 3. The minimum absolute atomic E-state index is 0.0304. The van der Waals surface area contributed by atoms with Crippen LogP contribution in [0.3, 0.4) is 0 Å². The van der Waals surface area contributed by atoms with Crippen LogP contribution in [0.15, 0.2) is 30.3 Å². The first kappa shape index (κ1) is 15.3. The Morgan fingerprint density at radius 2 is 1.95 bits per heavy atom. The topological polar surface area (TPSA) is 64.7 Å². The Balaban J connectivity index is 1.91. The molecule has 1 aromatic rings. The second kappa shape index (κ2) is 7.08. The summed E-state index contributed by atoms with van der Waals surface area (Å²) >= 11 is 0. The number of anilines is 1. The van der Waals surface area contributed by atoms with Gasteiger partial charge in [-0.3, -0.25) is 10.2 Å². The van der Waals surface area contributed by atoms with Crippen LogP contribution in [0.25, 0.3) is 0 Å². The van der Waals surface area contributed by atoms with Gasteiger partial charge in [0.1, 0.15) is 0 Å². The maximum atomic E-state index is 12.2. The normalized spacial score (nSPS) is 18.4. The number of urea groups is 1. The van der Waals surface area contributed by atoms with Crippen molar-refractivity contribution in [1.29, 1.82) is 0 Å². The number of nitrogens with one attached hydrogen (secondary N) is 2. The summed E-state index contributed by atoms with van der Waals surface area (Å²) in [7, 11) is 3.56. The molecule has 3 amide bonds. The van der Waals surface area contributed by atoms with E-state index in [1.807, 2.05) is 30.3 Å². The third-order valence-corrected chi connectivity index (χ3v) is 3.44. The molecule has 0 aromatic heterocycles. The number of carbonyl (C=O) groups is 2. The van der Waals surface area contributed by atoms with E-state index in [-0.39, 0.29) is 17.9 Å². The van der Waals surface area contributed by atoms with E-state index in [0.717, 1.165) is 18.5 Å². The number of piperidine rings is 1. The second-order valence-corrected chi connectivity index (χ2v) is 5.45. The van der Waals surface area contributed by atoms with Gasteiger partial charge in [0.2, 0.25) is 5.91 Å². The number of benzene rings is 1. The molecule has 21 heavy (non-hydrogen) atoms. The van der Waals surface area contributed by atoms with Crippen molar-refractivity contribution in [3.8, 4) is 0 Å². The van der Waals surface area contributed by atoms with Gasteiger partial charge in [0.05, 0.1) is 5.92 Å². The largest absolute Gasteiger partial charge is 0.324 e. The van der Waals surface area contributed by atoms with E-state index in [2.05, 4.69) is 10.7 Å². The van der Waals surface area contributed by atoms with E-state index in [9.17, 15) is 9.59 Å². The molecule has 114 valence electrons. The molecule has 1 aliphatic heterocycles. The lowest BCUT2D eigenvalue weighted by Crippen LogP contribution is -2.49. The zero-order valence-electron chi connectivity index (χ0n) is 12.5. The fraction of sp³-hybridized carbons (Fsp3) is 0.467. The average molecular weight is 290 g/mol. The van der Waals surface area contributed by atoms with Gasteiger partial charge in [0.25, 0.3) is 0 Å². The van der Waals surface area contributed by atoms with Gasteiger partial charge in [-0.05, 0) is 25.0 Å². The van der Waals surface area contributed by atoms with Crippen molar-refractivity contribution in [2.45, 2.75) is 12.8 Å². The van der Waals surface area contributed by atoms with Crippen LogP contribution in [0.4, 0.5) is 10.5 Å². The van der Waals surface area contributed by atoms with Gasteiger partial charge >= 0.3 is 6.03 Å². The van der Waals surface area contributed by atoms with Crippen LogP contribution in [-0.4, -0.2) is 49.0 Å². The first-order chi connectivity index (χ1) is 10.1. The first-order valence-corrected chi connectivity index (χ1v) is 7.15. The number of para-hydroxylation sites is 1. The molecule has 1 heterocycles. The smallest absolute Gasteiger partial charge is 0.321 e. The van der Waals surface area contributed by atoms with E-state index >= 15 is 0 Å². The highest BCUT2D eigenvalue weighted by molar-refractivity contribution is 5.90. The van der Waals surface area contributed by atoms with Crippen LogP contribution < -0.4 is 10.7 Å². The quantitative estimate of drug-likeness (QED) is 0.830. The van der Waals surface area contributed by atoms with Crippen molar-refractivity contribution in [1.82, 2.24) is 15.3 Å². The SMILES string of the molecule is CN(C)NC(=O)[C@H]1CCCN(C(=O)Nc2ccccc2)C1. The fourth-order valence-electron chi connectivity index (χ4n) is 2.41. The van der Waals surface area contributed by atoms with E-state index < -0.39 is 0 Å². The Kier molecular flexibility index (Phi) is 5.16. The van der Waals surface area contributed by atoms with Gasteiger partial charge < -0.3 is 10.2 Å². The maximum absolute atomic E-state index is 12.2. The minimum atomic E-state index is -0.150. The van der Waals surface area contributed by atoms with Crippen LogP contribution in [-0.2, 0) is 4.79 Å². The summed E-state index contributed by atoms with van der Waals surface area (Å²) in [5.41, 5.74) is 3.52. The molecule has 0 radical (unpaired) electrons. The van der Waals surface area contributed by atoms with E-state index in [1.54, 1.807) is 24.0 Å². The Hall–Kier alpha value is -2.08. The molecule has 6 heteroatoms. The molecule has 2 N–H and O–H groups in total. The Morgan fingerprint density at radius 3 is 2.62 bits per heavy atom. The number of hydrazine groups is 1. The third kappa shape index (κ3) is 4.46. The van der Waals surface area contributed by atoms with Crippen molar-refractivity contribution >= 4 is 17.6 Å². The standard InChI is InChI=1S/C15H22N4O2/c1-18(2)17-14(20)12-7-6-10-19(11-12)15(21)16-13-8-4-3-5-9-13/h3-5,8-9,12H,6-7,10-11H2,1-2H3,(H,16,21)(H,17,20)/t12-/m0/s1. The average Bonchev–Trinajstić information content (AvgIpc) is 2.47. The zero-order valence-corrected chi connectivity index (χ0v) is 12.5. The maximum Gasteiger partial charge on any atom is 0.321 e. The predicted molar refractivity (Wildman–Crippen MR) is 81.6 cm³/mol. The highest BCUT2D eigenvalue weighted by atomic mass is 16.2. The number of carbonyl (C=O) groups excluding carboxylic acids is 2. The number of amides is 3. The predicted octanol–water partition coefficient (Wildman–Crippen LogP) is 1.52. The highest BCUT2D eigenvalue weighted by Gasteiger charge is 2.28. The molecular formula is C15H22N4O2. The molecule has 0 spiro atoms. The Bertz CT molecular complexity index is 490. The molecule has 0 unspecified atom stereocenters. The van der Waals surface area contributed by atoms with Crippen molar-refractivity contribution in [2.75, 3.05) is 32.5 Å². The summed E-state index contributed by atoms with van der Waals surface area (Å²) in [5.74, 6) is -0.181. The van der Waals surface area contributed by atoms with Crippen LogP contribution in [0, 0.1) is 5.92 Å². The molecule has 1 aromatic carbocycles. The van der Waals surface area contributed by atoms with E-state index in [0.29, 0.717) is 13.1 Å². The van der Waals surface area contributed by atoms with E-state index in [1.165, 1.54) is 0 Å². The van der Waals surface area contributed by atoms with Gasteiger partial charge in [-0.15, -0.1) is 0 Å². The third-order valence-electron chi connectivity index (χ3n) is 3.44. The van der Waals surface area contributed by atoms with Crippen LogP contribution >= 0.6 is 0 Å². The summed E-state index contributed by atoms with van der Waals surface area (Å²) in [5, 5.41) is 4.49. The number of hydrogen-bond acceptors (Lipinski definition) is 3. The molecule has 1 saturated heterocycles. The summed E-state index contributed by atoms with van der Waals surface area (Å²) in [6.07, 6.45) is 1.66. The molecule has 0 bridgehead atoms.